The van der Waals surface area contributed by atoms with Crippen molar-refractivity contribution >= 4 is 86.7 Å². The van der Waals surface area contributed by atoms with Gasteiger partial charge in [-0.1, -0.05) is 146 Å². The number of rotatable bonds is 5. The van der Waals surface area contributed by atoms with Crippen LogP contribution in [0.5, 0.6) is 0 Å². The Morgan fingerprint density at radius 3 is 2.12 bits per heavy atom. The zero-order valence-corrected chi connectivity index (χ0v) is 31.5. The molecule has 5 heteroatoms. The van der Waals surface area contributed by atoms with Crippen molar-refractivity contribution in [2.75, 3.05) is 0 Å². The molecular formula is C52H33N3OS. The van der Waals surface area contributed by atoms with Gasteiger partial charge < -0.3 is 14.3 Å². The summed E-state index contributed by atoms with van der Waals surface area (Å²) in [6, 6.07) is 65.0. The molecule has 0 radical (unpaired) electrons. The molecule has 8 aromatic carbocycles. The normalized spacial score (nSPS) is 14.5. The molecular weight excluding hydrogens is 715 g/mol. The largest absolute Gasteiger partial charge is 0.455 e. The van der Waals surface area contributed by atoms with E-state index in [4.69, 9.17) is 9.41 Å². The first-order valence-electron chi connectivity index (χ1n) is 19.3. The maximum absolute atomic E-state index is 6.77. The van der Waals surface area contributed by atoms with Gasteiger partial charge in [-0.15, -0.1) is 11.3 Å². The van der Waals surface area contributed by atoms with Gasteiger partial charge in [0.2, 0.25) is 0 Å². The van der Waals surface area contributed by atoms with Gasteiger partial charge in [-0.3, -0.25) is 4.99 Å². The lowest BCUT2D eigenvalue weighted by atomic mass is 9.99. The number of aromatic nitrogens is 1. The zero-order chi connectivity index (χ0) is 37.5. The van der Waals surface area contributed by atoms with Gasteiger partial charge in [0.1, 0.15) is 17.3 Å². The molecule has 0 spiro atoms. The lowest BCUT2D eigenvalue weighted by Crippen LogP contribution is -2.24. The number of hydrogen-bond donors (Lipinski definition) is 1. The summed E-state index contributed by atoms with van der Waals surface area (Å²) in [6.45, 7) is 0. The van der Waals surface area contributed by atoms with Crippen molar-refractivity contribution in [2.24, 2.45) is 4.99 Å². The van der Waals surface area contributed by atoms with E-state index in [1.807, 2.05) is 11.3 Å². The Kier molecular flexibility index (Phi) is 7.13. The van der Waals surface area contributed by atoms with Crippen LogP contribution in [0.2, 0.25) is 0 Å². The predicted molar refractivity (Wildman–Crippen MR) is 240 cm³/mol. The summed E-state index contributed by atoms with van der Waals surface area (Å²) in [6.07, 6.45) is 1.97. The first-order chi connectivity index (χ1) is 28.2. The van der Waals surface area contributed by atoms with Crippen molar-refractivity contribution < 1.29 is 4.42 Å². The molecule has 1 unspecified atom stereocenters. The van der Waals surface area contributed by atoms with Crippen LogP contribution in [0.1, 0.15) is 22.9 Å². The number of allylic oxidation sites excluding steroid dienone is 1. The van der Waals surface area contributed by atoms with Crippen molar-refractivity contribution in [3.63, 3.8) is 0 Å². The second-order valence-electron chi connectivity index (χ2n) is 14.7. The van der Waals surface area contributed by atoms with Gasteiger partial charge in [-0.2, -0.15) is 0 Å². The van der Waals surface area contributed by atoms with E-state index < -0.39 is 0 Å². The highest BCUT2D eigenvalue weighted by Crippen LogP contribution is 2.45. The molecule has 1 aliphatic rings. The van der Waals surface area contributed by atoms with Crippen molar-refractivity contribution in [3.8, 4) is 16.8 Å². The van der Waals surface area contributed by atoms with Gasteiger partial charge in [0.15, 0.2) is 0 Å². The Labute approximate surface area is 332 Å². The SMILES string of the molecule is C1=C(c2ccccc2)NC(c2ccccc2)N=C1c1ccc2c3ccccc3n(-c3cc(-c4cccc5c4sc4ccccc45)c4oc5ccccc5c4c3)c2c1. The van der Waals surface area contributed by atoms with Gasteiger partial charge >= 0.3 is 0 Å². The molecule has 0 fully saturated rings. The van der Waals surface area contributed by atoms with Crippen LogP contribution in [0.4, 0.5) is 0 Å². The molecule has 0 saturated heterocycles. The van der Waals surface area contributed by atoms with E-state index in [0.29, 0.717) is 0 Å². The maximum Gasteiger partial charge on any atom is 0.145 e. The summed E-state index contributed by atoms with van der Waals surface area (Å²) in [4.78, 5) is 5.34. The third-order valence-corrected chi connectivity index (χ3v) is 12.6. The second-order valence-corrected chi connectivity index (χ2v) is 15.8. The van der Waals surface area contributed by atoms with Crippen LogP contribution < -0.4 is 5.32 Å². The fourth-order valence-electron chi connectivity index (χ4n) is 8.78. The monoisotopic (exact) mass is 747 g/mol. The molecule has 0 bridgehead atoms. The quantitative estimate of drug-likeness (QED) is 0.190. The average Bonchev–Trinajstić information content (AvgIpc) is 3.96. The van der Waals surface area contributed by atoms with Gasteiger partial charge in [0.05, 0.1) is 16.7 Å². The highest BCUT2D eigenvalue weighted by molar-refractivity contribution is 7.26. The molecule has 57 heavy (non-hydrogen) atoms. The molecule has 0 amide bonds. The molecule has 1 atom stereocenters. The molecule has 0 saturated carbocycles. The third-order valence-electron chi connectivity index (χ3n) is 11.4. The van der Waals surface area contributed by atoms with E-state index in [9.17, 15) is 0 Å². The fraction of sp³-hybridized carbons (Fsp3) is 0.0192. The maximum atomic E-state index is 6.77. The Balaban J connectivity index is 1.12. The van der Waals surface area contributed by atoms with Crippen LogP contribution in [-0.2, 0) is 0 Å². The van der Waals surface area contributed by atoms with Gasteiger partial charge in [0.25, 0.3) is 0 Å². The molecule has 4 nitrogen and oxygen atoms in total. The number of furan rings is 1. The summed E-state index contributed by atoms with van der Waals surface area (Å²) in [5.74, 6) is 0. The smallest absolute Gasteiger partial charge is 0.145 e. The number of thiophene rings is 1. The molecule has 3 aromatic heterocycles. The summed E-state index contributed by atoms with van der Waals surface area (Å²) < 4.78 is 11.7. The highest BCUT2D eigenvalue weighted by atomic mass is 32.1. The van der Waals surface area contributed by atoms with Crippen LogP contribution in [0.3, 0.4) is 0 Å². The molecule has 268 valence electrons. The fourth-order valence-corrected chi connectivity index (χ4v) is 10.0. The molecule has 1 N–H and O–H groups in total. The van der Waals surface area contributed by atoms with E-state index in [1.165, 1.54) is 36.5 Å². The number of benzene rings is 8. The number of fused-ring (bicyclic) bond motifs is 9. The lowest BCUT2D eigenvalue weighted by Gasteiger charge is -2.25. The minimum Gasteiger partial charge on any atom is -0.455 e. The molecule has 11 aromatic rings. The van der Waals surface area contributed by atoms with Gasteiger partial charge in [0, 0.05) is 69.8 Å². The first kappa shape index (κ1) is 32.1. The topological polar surface area (TPSA) is 42.5 Å². The standard InChI is InChI=1S/C52H33N3OS/c1-3-14-32(15-4-1)44-31-45(54-52(53-44)33-16-5-2-6-17-33)34-26-27-37-36-18-7-10-23-46(36)55(47(37)28-34)35-29-42-38-19-8-11-24-48(38)56-50(42)43(30-35)41-22-13-21-40-39-20-9-12-25-49(39)57-51(40)41/h1-31,52-53H. The Bertz CT molecular complexity index is 3440. The number of aliphatic imine (C=N–C) groups is 1. The van der Waals surface area contributed by atoms with Crippen LogP contribution in [0.15, 0.2) is 197 Å². The van der Waals surface area contributed by atoms with Crippen molar-refractivity contribution in [1.29, 1.82) is 0 Å². The molecule has 12 rings (SSSR count). The molecule has 1 aliphatic heterocycles. The van der Waals surface area contributed by atoms with E-state index in [0.717, 1.165) is 72.3 Å². The molecule has 4 heterocycles. The van der Waals surface area contributed by atoms with Gasteiger partial charge in [-0.05, 0) is 53.6 Å². The third kappa shape index (κ3) is 5.10. The number of nitrogens with zero attached hydrogens (tertiary/aromatic N) is 2. The van der Waals surface area contributed by atoms with Crippen LogP contribution in [0.25, 0.3) is 86.4 Å². The zero-order valence-electron chi connectivity index (χ0n) is 30.7. The number of hydrogen-bond acceptors (Lipinski definition) is 4. The lowest BCUT2D eigenvalue weighted by molar-refractivity contribution is 0.664. The Morgan fingerprint density at radius 2 is 1.25 bits per heavy atom. The number of para-hydroxylation sites is 2. The van der Waals surface area contributed by atoms with E-state index in [2.05, 4.69) is 198 Å². The minimum absolute atomic E-state index is 0.223. The highest BCUT2D eigenvalue weighted by Gasteiger charge is 2.23. The van der Waals surface area contributed by atoms with Crippen molar-refractivity contribution in [3.05, 3.63) is 205 Å². The van der Waals surface area contributed by atoms with Crippen LogP contribution in [0, 0.1) is 0 Å². The number of nitrogens with one attached hydrogen (secondary N) is 1. The Morgan fingerprint density at radius 1 is 0.526 bits per heavy atom. The first-order valence-corrected chi connectivity index (χ1v) is 20.1. The van der Waals surface area contributed by atoms with E-state index >= 15 is 0 Å². The molecule has 0 aliphatic carbocycles. The Hall–Kier alpha value is -7.21. The average molecular weight is 748 g/mol. The second kappa shape index (κ2) is 12.7. The van der Waals surface area contributed by atoms with E-state index in [1.54, 1.807) is 0 Å². The van der Waals surface area contributed by atoms with Gasteiger partial charge in [-0.25, -0.2) is 0 Å². The summed E-state index contributed by atoms with van der Waals surface area (Å²) in [5.41, 5.74) is 12.7. The predicted octanol–water partition coefficient (Wildman–Crippen LogP) is 13.9. The van der Waals surface area contributed by atoms with Crippen LogP contribution >= 0.6 is 11.3 Å². The summed E-state index contributed by atoms with van der Waals surface area (Å²) >= 11 is 1.85. The van der Waals surface area contributed by atoms with Crippen molar-refractivity contribution in [2.45, 2.75) is 6.17 Å². The minimum atomic E-state index is -0.223. The van der Waals surface area contributed by atoms with Crippen LogP contribution in [-0.4, -0.2) is 10.3 Å². The van der Waals surface area contributed by atoms with E-state index in [-0.39, 0.29) is 6.17 Å². The van der Waals surface area contributed by atoms with Crippen molar-refractivity contribution in [1.82, 2.24) is 9.88 Å². The summed E-state index contributed by atoms with van der Waals surface area (Å²) in [5, 5.41) is 10.9. The summed E-state index contributed by atoms with van der Waals surface area (Å²) in [7, 11) is 0.